The van der Waals surface area contributed by atoms with Crippen molar-refractivity contribution in [1.82, 2.24) is 20.7 Å². The molecular formula is C14H13F2N5O. The lowest BCUT2D eigenvalue weighted by Gasteiger charge is -2.11. The van der Waals surface area contributed by atoms with E-state index in [-0.39, 0.29) is 35.2 Å². The molecule has 8 heteroatoms. The van der Waals surface area contributed by atoms with Crippen LogP contribution in [0.15, 0.2) is 18.2 Å². The van der Waals surface area contributed by atoms with Gasteiger partial charge < -0.3 is 10.7 Å². The quantitative estimate of drug-likeness (QED) is 0.748. The lowest BCUT2D eigenvalue weighted by molar-refractivity contribution is 0.0966. The van der Waals surface area contributed by atoms with E-state index in [2.05, 4.69) is 26.1 Å². The molecule has 114 valence electrons. The van der Waals surface area contributed by atoms with Crippen LogP contribution in [0.2, 0.25) is 0 Å². The normalized spacial score (nSPS) is 13.0. The van der Waals surface area contributed by atoms with Crippen LogP contribution < -0.4 is 16.2 Å². The summed E-state index contributed by atoms with van der Waals surface area (Å²) in [5.74, 6) is -1.75. The number of benzene rings is 1. The minimum Gasteiger partial charge on any atom is -0.346 e. The Hall–Kier alpha value is -2.61. The second kappa shape index (κ2) is 5.64. The number of hydrogen-bond donors (Lipinski definition) is 3. The van der Waals surface area contributed by atoms with E-state index < -0.39 is 11.6 Å². The van der Waals surface area contributed by atoms with Crippen LogP contribution in [0.1, 0.15) is 23.0 Å². The first kappa shape index (κ1) is 14.3. The zero-order valence-corrected chi connectivity index (χ0v) is 11.7. The van der Waals surface area contributed by atoms with Crippen molar-refractivity contribution >= 4 is 11.7 Å². The molecule has 1 aromatic heterocycles. The molecule has 0 saturated carbocycles. The van der Waals surface area contributed by atoms with E-state index in [4.69, 9.17) is 0 Å². The molecule has 0 fully saturated rings. The highest BCUT2D eigenvalue weighted by atomic mass is 19.1. The van der Waals surface area contributed by atoms with Crippen molar-refractivity contribution in [3.63, 3.8) is 0 Å². The van der Waals surface area contributed by atoms with Crippen molar-refractivity contribution < 1.29 is 13.6 Å². The maximum Gasteiger partial charge on any atom is 0.257 e. The first-order valence-electron chi connectivity index (χ1n) is 6.74. The number of rotatable bonds is 4. The molecule has 0 unspecified atom stereocenters. The second-order valence-electron chi connectivity index (χ2n) is 4.65. The van der Waals surface area contributed by atoms with Gasteiger partial charge >= 0.3 is 0 Å². The smallest absolute Gasteiger partial charge is 0.257 e. The Balaban J connectivity index is 2.16. The number of hydrazine groups is 1. The molecular weight excluding hydrogens is 292 g/mol. The van der Waals surface area contributed by atoms with Crippen molar-refractivity contribution in [3.8, 4) is 11.4 Å². The van der Waals surface area contributed by atoms with Crippen molar-refractivity contribution in [2.45, 2.75) is 13.5 Å². The first-order valence-corrected chi connectivity index (χ1v) is 6.74. The Labute approximate surface area is 124 Å². The summed E-state index contributed by atoms with van der Waals surface area (Å²) in [6, 6.07) is 3.54. The highest BCUT2D eigenvalue weighted by molar-refractivity contribution is 6.02. The van der Waals surface area contributed by atoms with Gasteiger partial charge in [0, 0.05) is 6.54 Å². The molecule has 0 bridgehead atoms. The largest absolute Gasteiger partial charge is 0.346 e. The highest BCUT2D eigenvalue weighted by Crippen LogP contribution is 2.28. The molecule has 2 aromatic rings. The monoisotopic (exact) mass is 305 g/mol. The lowest BCUT2D eigenvalue weighted by Crippen LogP contribution is -2.24. The van der Waals surface area contributed by atoms with Gasteiger partial charge in [0.1, 0.15) is 17.2 Å². The van der Waals surface area contributed by atoms with Crippen molar-refractivity contribution in [2.24, 2.45) is 0 Å². The minimum absolute atomic E-state index is 0.105. The van der Waals surface area contributed by atoms with Crippen LogP contribution in [-0.4, -0.2) is 22.4 Å². The fraction of sp³-hybridized carbons (Fsp3) is 0.214. The Morgan fingerprint density at radius 2 is 1.95 bits per heavy atom. The van der Waals surface area contributed by atoms with Gasteiger partial charge in [-0.15, -0.1) is 0 Å². The van der Waals surface area contributed by atoms with Gasteiger partial charge in [0.05, 0.1) is 17.8 Å². The number of carbonyl (C=O) groups is 1. The molecule has 1 amide bonds. The van der Waals surface area contributed by atoms with Gasteiger partial charge in [-0.3, -0.25) is 4.79 Å². The van der Waals surface area contributed by atoms with Crippen molar-refractivity contribution in [2.75, 3.05) is 12.0 Å². The van der Waals surface area contributed by atoms with Crippen LogP contribution in [0, 0.1) is 11.6 Å². The lowest BCUT2D eigenvalue weighted by atomic mass is 10.1. The summed E-state index contributed by atoms with van der Waals surface area (Å²) in [5, 5.41) is 2.61. The van der Waals surface area contributed by atoms with Crippen LogP contribution in [0.4, 0.5) is 14.6 Å². The average Bonchev–Trinajstić information content (AvgIpc) is 2.86. The molecule has 0 saturated heterocycles. The maximum atomic E-state index is 13.9. The van der Waals surface area contributed by atoms with E-state index in [9.17, 15) is 13.6 Å². The Morgan fingerprint density at radius 1 is 1.23 bits per heavy atom. The Morgan fingerprint density at radius 3 is 2.64 bits per heavy atom. The third-order valence-electron chi connectivity index (χ3n) is 3.20. The van der Waals surface area contributed by atoms with Crippen LogP contribution in [0.25, 0.3) is 11.4 Å². The standard InChI is InChI=1S/C14H13F2N5O/c1-2-18-21-13-11-9(6-17-14(11)22)19-12(20-13)10-7(15)4-3-5-8(10)16/h3-5,18H,2,6H2,1H3,(H,17,22)(H,19,20,21). The summed E-state index contributed by atoms with van der Waals surface area (Å²) in [5.41, 5.74) is 5.95. The third-order valence-corrected chi connectivity index (χ3v) is 3.20. The van der Waals surface area contributed by atoms with Crippen LogP contribution >= 0.6 is 0 Å². The van der Waals surface area contributed by atoms with E-state index >= 15 is 0 Å². The first-order chi connectivity index (χ1) is 10.6. The molecule has 0 spiro atoms. The Kier molecular flexibility index (Phi) is 3.68. The molecule has 0 radical (unpaired) electrons. The van der Waals surface area contributed by atoms with Gasteiger partial charge in [0.15, 0.2) is 11.6 Å². The van der Waals surface area contributed by atoms with E-state index in [0.29, 0.717) is 12.2 Å². The number of nitrogens with one attached hydrogen (secondary N) is 3. The van der Waals surface area contributed by atoms with Gasteiger partial charge in [-0.25, -0.2) is 24.2 Å². The molecule has 0 atom stereocenters. The summed E-state index contributed by atoms with van der Waals surface area (Å²) in [6.45, 7) is 2.62. The maximum absolute atomic E-state index is 13.9. The number of aromatic nitrogens is 2. The summed E-state index contributed by atoms with van der Waals surface area (Å²) in [6.07, 6.45) is 0. The van der Waals surface area contributed by atoms with Crippen LogP contribution in [0.3, 0.4) is 0 Å². The topological polar surface area (TPSA) is 78.9 Å². The molecule has 0 aliphatic carbocycles. The van der Waals surface area contributed by atoms with Crippen molar-refractivity contribution in [1.29, 1.82) is 0 Å². The fourth-order valence-electron chi connectivity index (χ4n) is 2.21. The molecule has 2 heterocycles. The Bertz CT molecular complexity index is 730. The number of anilines is 1. The van der Waals surface area contributed by atoms with Gasteiger partial charge in [0.2, 0.25) is 0 Å². The van der Waals surface area contributed by atoms with Gasteiger partial charge in [-0.2, -0.15) is 0 Å². The van der Waals surface area contributed by atoms with Gasteiger partial charge in [-0.05, 0) is 12.1 Å². The number of amides is 1. The number of carbonyl (C=O) groups excluding carboxylic acids is 1. The fourth-order valence-corrected chi connectivity index (χ4v) is 2.21. The van der Waals surface area contributed by atoms with Gasteiger partial charge in [-0.1, -0.05) is 13.0 Å². The average molecular weight is 305 g/mol. The third kappa shape index (κ3) is 2.37. The number of hydrogen-bond acceptors (Lipinski definition) is 5. The van der Waals surface area contributed by atoms with E-state index in [1.54, 1.807) is 0 Å². The predicted molar refractivity (Wildman–Crippen MR) is 75.9 cm³/mol. The predicted octanol–water partition coefficient (Wildman–Crippen LogP) is 1.60. The van der Waals surface area contributed by atoms with Crippen LogP contribution in [-0.2, 0) is 6.54 Å². The number of nitrogens with zero attached hydrogens (tertiary/aromatic N) is 2. The SMILES string of the molecule is CCNNc1nc(-c2c(F)cccc2F)nc2c1C(=O)NC2. The number of halogens is 2. The summed E-state index contributed by atoms with van der Waals surface area (Å²) < 4.78 is 27.8. The van der Waals surface area contributed by atoms with Crippen molar-refractivity contribution in [3.05, 3.63) is 41.1 Å². The molecule has 22 heavy (non-hydrogen) atoms. The molecule has 3 rings (SSSR count). The minimum atomic E-state index is -0.758. The molecule has 3 N–H and O–H groups in total. The van der Waals surface area contributed by atoms with Gasteiger partial charge in [0.25, 0.3) is 5.91 Å². The molecule has 6 nitrogen and oxygen atoms in total. The zero-order chi connectivity index (χ0) is 15.7. The van der Waals surface area contributed by atoms with E-state index in [0.717, 1.165) is 12.1 Å². The summed E-state index contributed by atoms with van der Waals surface area (Å²) in [7, 11) is 0. The van der Waals surface area contributed by atoms with E-state index in [1.807, 2.05) is 6.92 Å². The number of fused-ring (bicyclic) bond motifs is 1. The van der Waals surface area contributed by atoms with E-state index in [1.165, 1.54) is 6.07 Å². The zero-order valence-electron chi connectivity index (χ0n) is 11.7. The second-order valence-corrected chi connectivity index (χ2v) is 4.65. The molecule has 1 aliphatic heterocycles. The molecule has 1 aromatic carbocycles. The summed E-state index contributed by atoms with van der Waals surface area (Å²) in [4.78, 5) is 20.0. The molecule has 1 aliphatic rings. The highest BCUT2D eigenvalue weighted by Gasteiger charge is 2.28. The van der Waals surface area contributed by atoms with Crippen LogP contribution in [0.5, 0.6) is 0 Å². The summed E-state index contributed by atoms with van der Waals surface area (Å²) >= 11 is 0.